The summed E-state index contributed by atoms with van der Waals surface area (Å²) in [6, 6.07) is 7.66. The second kappa shape index (κ2) is 11.5. The van der Waals surface area contributed by atoms with Crippen LogP contribution in [0.2, 0.25) is 0 Å². The lowest BCUT2D eigenvalue weighted by Crippen LogP contribution is -2.21. The summed E-state index contributed by atoms with van der Waals surface area (Å²) in [5, 5.41) is 6.64. The standard InChI is InChI=1S/C25H33N5O2/c1-31-22-11-10-21(18-23(22)32-17-7-16-30-14-5-6-15-30)28-25-26-13-12-24(29-25)27-19-20-8-3-2-4-9-20/h3,8-13,18H,2,4-7,14-17,19H2,1H3,(H2,26,27,28,29). The lowest BCUT2D eigenvalue weighted by molar-refractivity contribution is 0.254. The lowest BCUT2D eigenvalue weighted by Gasteiger charge is -2.16. The summed E-state index contributed by atoms with van der Waals surface area (Å²) in [5.41, 5.74) is 2.14. The molecule has 1 aliphatic heterocycles. The topological polar surface area (TPSA) is 71.5 Å². The largest absolute Gasteiger partial charge is 0.493 e. The van der Waals surface area contributed by atoms with E-state index in [-0.39, 0.29) is 0 Å². The number of allylic oxidation sites excluding steroid dienone is 2. The van der Waals surface area contributed by atoms with E-state index >= 15 is 0 Å². The fourth-order valence-electron chi connectivity index (χ4n) is 3.98. The van der Waals surface area contributed by atoms with Gasteiger partial charge in [0, 0.05) is 31.0 Å². The molecule has 0 bridgehead atoms. The molecule has 0 amide bonds. The maximum absolute atomic E-state index is 6.04. The van der Waals surface area contributed by atoms with Crippen LogP contribution in [0, 0.1) is 0 Å². The van der Waals surface area contributed by atoms with Crippen molar-refractivity contribution in [2.24, 2.45) is 0 Å². The van der Waals surface area contributed by atoms with Crippen LogP contribution >= 0.6 is 0 Å². The summed E-state index contributed by atoms with van der Waals surface area (Å²) < 4.78 is 11.5. The Kier molecular flexibility index (Phi) is 7.98. The molecule has 2 aliphatic rings. The summed E-state index contributed by atoms with van der Waals surface area (Å²) in [7, 11) is 1.66. The second-order valence-corrected chi connectivity index (χ2v) is 8.12. The highest BCUT2D eigenvalue weighted by Crippen LogP contribution is 2.31. The van der Waals surface area contributed by atoms with Crippen LogP contribution in [0.3, 0.4) is 0 Å². The first kappa shape index (κ1) is 22.1. The number of methoxy groups -OCH3 is 1. The smallest absolute Gasteiger partial charge is 0.229 e. The number of benzene rings is 1. The van der Waals surface area contributed by atoms with Gasteiger partial charge in [0.2, 0.25) is 5.95 Å². The molecule has 1 saturated heterocycles. The van der Waals surface area contributed by atoms with Gasteiger partial charge in [-0.3, -0.25) is 0 Å². The molecular weight excluding hydrogens is 402 g/mol. The average molecular weight is 436 g/mol. The van der Waals surface area contributed by atoms with Crippen molar-refractivity contribution in [1.82, 2.24) is 14.9 Å². The molecule has 1 aromatic heterocycles. The van der Waals surface area contributed by atoms with Gasteiger partial charge in [0.1, 0.15) is 5.82 Å². The Morgan fingerprint density at radius 2 is 2.00 bits per heavy atom. The van der Waals surface area contributed by atoms with E-state index < -0.39 is 0 Å². The van der Waals surface area contributed by atoms with Crippen LogP contribution in [0.1, 0.15) is 32.1 Å². The van der Waals surface area contributed by atoms with Gasteiger partial charge in [0.25, 0.3) is 0 Å². The number of rotatable bonds is 11. The van der Waals surface area contributed by atoms with E-state index in [9.17, 15) is 0 Å². The van der Waals surface area contributed by atoms with E-state index in [2.05, 4.69) is 43.7 Å². The van der Waals surface area contributed by atoms with E-state index in [1.807, 2.05) is 24.3 Å². The van der Waals surface area contributed by atoms with Crippen molar-refractivity contribution in [2.75, 3.05) is 50.5 Å². The van der Waals surface area contributed by atoms with E-state index in [0.717, 1.165) is 55.4 Å². The molecule has 1 aromatic carbocycles. The molecule has 4 rings (SSSR count). The molecule has 1 fully saturated rings. The Bertz CT molecular complexity index is 938. The summed E-state index contributed by atoms with van der Waals surface area (Å²) in [6.45, 7) is 4.93. The molecule has 0 unspecified atom stereocenters. The van der Waals surface area contributed by atoms with Gasteiger partial charge in [-0.25, -0.2) is 4.98 Å². The maximum Gasteiger partial charge on any atom is 0.229 e. The number of hydrogen-bond donors (Lipinski definition) is 2. The second-order valence-electron chi connectivity index (χ2n) is 8.12. The molecule has 2 aromatic rings. The fraction of sp³-hybridized carbons (Fsp3) is 0.440. The predicted molar refractivity (Wildman–Crippen MR) is 129 cm³/mol. The molecular formula is C25H33N5O2. The highest BCUT2D eigenvalue weighted by molar-refractivity contribution is 5.60. The van der Waals surface area contributed by atoms with Crippen LogP contribution in [0.15, 0.2) is 54.3 Å². The summed E-state index contributed by atoms with van der Waals surface area (Å²) in [5.74, 6) is 2.77. The molecule has 170 valence electrons. The number of aromatic nitrogens is 2. The Morgan fingerprint density at radius 3 is 2.81 bits per heavy atom. The van der Waals surface area contributed by atoms with Crippen molar-refractivity contribution in [3.05, 3.63) is 54.3 Å². The fourth-order valence-corrected chi connectivity index (χ4v) is 3.98. The predicted octanol–water partition coefficient (Wildman–Crippen LogP) is 4.78. The summed E-state index contributed by atoms with van der Waals surface area (Å²) in [6.07, 6.45) is 14.2. The van der Waals surface area contributed by atoms with Gasteiger partial charge in [-0.2, -0.15) is 4.98 Å². The molecule has 0 radical (unpaired) electrons. The zero-order valence-corrected chi connectivity index (χ0v) is 18.8. The van der Waals surface area contributed by atoms with Crippen molar-refractivity contribution in [2.45, 2.75) is 32.1 Å². The van der Waals surface area contributed by atoms with E-state index in [1.165, 1.54) is 31.5 Å². The zero-order chi connectivity index (χ0) is 22.0. The Labute approximate surface area is 190 Å². The maximum atomic E-state index is 6.04. The first-order valence-electron chi connectivity index (χ1n) is 11.5. The minimum absolute atomic E-state index is 0.535. The van der Waals surface area contributed by atoms with Gasteiger partial charge in [-0.1, -0.05) is 18.2 Å². The zero-order valence-electron chi connectivity index (χ0n) is 18.8. The van der Waals surface area contributed by atoms with Crippen molar-refractivity contribution in [3.8, 4) is 11.5 Å². The molecule has 1 aliphatic carbocycles. The molecule has 0 saturated carbocycles. The molecule has 7 nitrogen and oxygen atoms in total. The molecule has 2 N–H and O–H groups in total. The molecule has 7 heteroatoms. The third-order valence-corrected chi connectivity index (χ3v) is 5.70. The number of ether oxygens (including phenoxy) is 2. The monoisotopic (exact) mass is 435 g/mol. The van der Waals surface area contributed by atoms with Crippen LogP contribution in [0.4, 0.5) is 17.5 Å². The van der Waals surface area contributed by atoms with Gasteiger partial charge < -0.3 is 25.0 Å². The first-order valence-corrected chi connectivity index (χ1v) is 11.5. The van der Waals surface area contributed by atoms with E-state index in [1.54, 1.807) is 13.3 Å². The normalized spacial score (nSPS) is 16.0. The van der Waals surface area contributed by atoms with Crippen LogP contribution in [0.25, 0.3) is 0 Å². The Hall–Kier alpha value is -3.06. The highest BCUT2D eigenvalue weighted by Gasteiger charge is 2.12. The number of likely N-dealkylation sites (tertiary alicyclic amines) is 1. The SMILES string of the molecule is COc1ccc(Nc2nccc(NCC3=CCCC=C3)n2)cc1OCCCN1CCCC1. The summed E-state index contributed by atoms with van der Waals surface area (Å²) in [4.78, 5) is 11.4. The number of hydrogen-bond acceptors (Lipinski definition) is 7. The van der Waals surface area contributed by atoms with E-state index in [4.69, 9.17) is 9.47 Å². The molecule has 0 atom stereocenters. The number of anilines is 3. The Balaban J connectivity index is 1.33. The minimum atomic E-state index is 0.535. The van der Waals surface area contributed by atoms with Gasteiger partial charge in [-0.05, 0) is 69.0 Å². The number of nitrogens with one attached hydrogen (secondary N) is 2. The quantitative estimate of drug-likeness (QED) is 0.492. The van der Waals surface area contributed by atoms with E-state index in [0.29, 0.717) is 12.6 Å². The minimum Gasteiger partial charge on any atom is -0.493 e. The average Bonchev–Trinajstić information content (AvgIpc) is 3.35. The third-order valence-electron chi connectivity index (χ3n) is 5.70. The third kappa shape index (κ3) is 6.47. The lowest BCUT2D eigenvalue weighted by atomic mass is 10.1. The van der Waals surface area contributed by atoms with Crippen molar-refractivity contribution >= 4 is 17.5 Å². The van der Waals surface area contributed by atoms with Crippen molar-refractivity contribution in [1.29, 1.82) is 0 Å². The number of nitrogens with zero attached hydrogens (tertiary/aromatic N) is 3. The van der Waals surface area contributed by atoms with Gasteiger partial charge in [-0.15, -0.1) is 0 Å². The van der Waals surface area contributed by atoms with Crippen molar-refractivity contribution < 1.29 is 9.47 Å². The van der Waals surface area contributed by atoms with Gasteiger partial charge in [0.15, 0.2) is 11.5 Å². The first-order chi connectivity index (χ1) is 15.8. The van der Waals surface area contributed by atoms with Crippen LogP contribution in [-0.2, 0) is 0 Å². The van der Waals surface area contributed by atoms with Crippen LogP contribution in [-0.4, -0.2) is 54.8 Å². The Morgan fingerprint density at radius 1 is 1.09 bits per heavy atom. The van der Waals surface area contributed by atoms with Crippen LogP contribution < -0.4 is 20.1 Å². The summed E-state index contributed by atoms with van der Waals surface area (Å²) >= 11 is 0. The van der Waals surface area contributed by atoms with Crippen molar-refractivity contribution in [3.63, 3.8) is 0 Å². The molecule has 2 heterocycles. The van der Waals surface area contributed by atoms with Gasteiger partial charge in [0.05, 0.1) is 13.7 Å². The van der Waals surface area contributed by atoms with Crippen LogP contribution in [0.5, 0.6) is 11.5 Å². The highest BCUT2D eigenvalue weighted by atomic mass is 16.5. The molecule has 32 heavy (non-hydrogen) atoms. The van der Waals surface area contributed by atoms with Gasteiger partial charge >= 0.3 is 0 Å². The molecule has 0 spiro atoms.